The molecule has 3 aromatic carbocycles. The van der Waals surface area contributed by atoms with Gasteiger partial charge < -0.3 is 10.6 Å². The van der Waals surface area contributed by atoms with Crippen LogP contribution in [0.15, 0.2) is 88.3 Å². The standard InChI is InChI=1S/C28H20Cl3N5O4/c1-15-23(28(40)36(34(15)2)18-10-4-3-5-11-18)33-25(37)16-8-6-9-17(14-16)32-24-22(31)26(38)35(27(24)39)20-13-7-12-19(29)21(20)30/h3-14,32H,1-2H3,(H,33,37). The fourth-order valence-electron chi connectivity index (χ4n) is 4.28. The van der Waals surface area contributed by atoms with E-state index in [1.165, 1.54) is 22.9 Å². The molecule has 2 heterocycles. The molecule has 0 aliphatic carbocycles. The van der Waals surface area contributed by atoms with Gasteiger partial charge in [-0.25, -0.2) is 9.58 Å². The van der Waals surface area contributed by atoms with E-state index >= 15 is 0 Å². The van der Waals surface area contributed by atoms with Crippen LogP contribution in [0.4, 0.5) is 17.1 Å². The van der Waals surface area contributed by atoms with Crippen molar-refractivity contribution >= 4 is 69.6 Å². The Morgan fingerprint density at radius 3 is 2.27 bits per heavy atom. The number of hydrogen-bond acceptors (Lipinski definition) is 5. The third-order valence-electron chi connectivity index (χ3n) is 6.39. The molecule has 0 atom stereocenters. The minimum atomic E-state index is -0.776. The van der Waals surface area contributed by atoms with Crippen molar-refractivity contribution in [1.82, 2.24) is 9.36 Å². The Kier molecular flexibility index (Phi) is 7.29. The summed E-state index contributed by atoms with van der Waals surface area (Å²) in [5, 5.41) is 5.37. The lowest BCUT2D eigenvalue weighted by Crippen LogP contribution is -2.32. The maximum atomic E-state index is 13.2. The SMILES string of the molecule is Cc1c(NC(=O)c2cccc(NC3=C(Cl)C(=O)N(c4cccc(Cl)c4Cl)C3=O)c2)c(=O)n(-c2ccccc2)n1C. The predicted octanol–water partition coefficient (Wildman–Crippen LogP) is 5.48. The zero-order valence-corrected chi connectivity index (χ0v) is 23.3. The molecule has 40 heavy (non-hydrogen) atoms. The Balaban J connectivity index is 1.39. The van der Waals surface area contributed by atoms with E-state index in [1.807, 2.05) is 18.2 Å². The van der Waals surface area contributed by atoms with Crippen LogP contribution in [0.5, 0.6) is 0 Å². The molecule has 1 aromatic heterocycles. The Morgan fingerprint density at radius 2 is 1.55 bits per heavy atom. The van der Waals surface area contributed by atoms with Crippen molar-refractivity contribution in [2.24, 2.45) is 7.05 Å². The minimum Gasteiger partial charge on any atom is -0.350 e. The van der Waals surface area contributed by atoms with Crippen LogP contribution in [0.1, 0.15) is 16.1 Å². The summed E-state index contributed by atoms with van der Waals surface area (Å²) in [5.41, 5.74) is 1.36. The summed E-state index contributed by atoms with van der Waals surface area (Å²) in [7, 11) is 1.72. The van der Waals surface area contributed by atoms with Gasteiger partial charge in [0.15, 0.2) is 0 Å². The number of benzene rings is 3. The van der Waals surface area contributed by atoms with Gasteiger partial charge in [0.1, 0.15) is 16.4 Å². The van der Waals surface area contributed by atoms with Crippen molar-refractivity contribution in [2.75, 3.05) is 15.5 Å². The lowest BCUT2D eigenvalue weighted by atomic mass is 10.1. The molecule has 0 radical (unpaired) electrons. The lowest BCUT2D eigenvalue weighted by molar-refractivity contribution is -0.120. The average molecular weight is 597 g/mol. The number of halogens is 3. The van der Waals surface area contributed by atoms with Crippen LogP contribution in [-0.2, 0) is 16.6 Å². The third kappa shape index (κ3) is 4.68. The molecular weight excluding hydrogens is 577 g/mol. The minimum absolute atomic E-state index is 0.0257. The molecule has 1 aliphatic heterocycles. The number of para-hydroxylation sites is 1. The normalized spacial score (nSPS) is 13.3. The number of anilines is 3. The number of rotatable bonds is 6. The van der Waals surface area contributed by atoms with E-state index in [0.29, 0.717) is 17.1 Å². The molecule has 4 aromatic rings. The van der Waals surface area contributed by atoms with E-state index in [9.17, 15) is 19.2 Å². The van der Waals surface area contributed by atoms with Gasteiger partial charge in [0.25, 0.3) is 23.3 Å². The molecule has 202 valence electrons. The topological polar surface area (TPSA) is 105 Å². The molecule has 12 heteroatoms. The van der Waals surface area contributed by atoms with Crippen molar-refractivity contribution in [3.8, 4) is 5.69 Å². The molecule has 0 saturated carbocycles. The van der Waals surface area contributed by atoms with Crippen LogP contribution < -0.4 is 21.1 Å². The van der Waals surface area contributed by atoms with Gasteiger partial charge in [-0.2, -0.15) is 0 Å². The number of imide groups is 1. The van der Waals surface area contributed by atoms with Gasteiger partial charge in [0.2, 0.25) is 0 Å². The molecule has 5 rings (SSSR count). The van der Waals surface area contributed by atoms with Gasteiger partial charge in [0, 0.05) is 18.3 Å². The largest absolute Gasteiger partial charge is 0.350 e. The van der Waals surface area contributed by atoms with Crippen LogP contribution >= 0.6 is 34.8 Å². The molecule has 0 fully saturated rings. The molecule has 0 spiro atoms. The maximum Gasteiger partial charge on any atom is 0.295 e. The van der Waals surface area contributed by atoms with Gasteiger partial charge >= 0.3 is 0 Å². The summed E-state index contributed by atoms with van der Waals surface area (Å²) in [5.74, 6) is -2.06. The molecule has 0 saturated heterocycles. The fraction of sp³-hybridized carbons (Fsp3) is 0.0714. The van der Waals surface area contributed by atoms with Crippen LogP contribution in [0.3, 0.4) is 0 Å². The number of aromatic nitrogens is 2. The van der Waals surface area contributed by atoms with Crippen molar-refractivity contribution < 1.29 is 14.4 Å². The summed E-state index contributed by atoms with van der Waals surface area (Å²) < 4.78 is 3.11. The maximum absolute atomic E-state index is 13.2. The number of carbonyl (C=O) groups is 3. The molecule has 1 aliphatic rings. The first-order valence-corrected chi connectivity index (χ1v) is 13.0. The highest BCUT2D eigenvalue weighted by Gasteiger charge is 2.40. The second-order valence-electron chi connectivity index (χ2n) is 8.80. The number of nitrogens with zero attached hydrogens (tertiary/aromatic N) is 3. The van der Waals surface area contributed by atoms with E-state index in [2.05, 4.69) is 10.6 Å². The summed E-state index contributed by atoms with van der Waals surface area (Å²) in [6.07, 6.45) is 0. The Hall–Kier alpha value is -4.31. The second-order valence-corrected chi connectivity index (χ2v) is 9.97. The number of amides is 3. The third-order valence-corrected chi connectivity index (χ3v) is 7.55. The van der Waals surface area contributed by atoms with Crippen LogP contribution in [0.2, 0.25) is 10.0 Å². The van der Waals surface area contributed by atoms with Gasteiger partial charge in [-0.15, -0.1) is 0 Å². The number of hydrogen-bond donors (Lipinski definition) is 2. The number of carbonyl (C=O) groups excluding carboxylic acids is 3. The first kappa shape index (κ1) is 27.3. The van der Waals surface area contributed by atoms with Crippen molar-refractivity contribution in [3.05, 3.63) is 115 Å². The summed E-state index contributed by atoms with van der Waals surface area (Å²) in [4.78, 5) is 53.2. The Labute approximate surface area is 243 Å². The molecule has 2 N–H and O–H groups in total. The summed E-state index contributed by atoms with van der Waals surface area (Å²) in [6.45, 7) is 1.73. The predicted molar refractivity (Wildman–Crippen MR) is 156 cm³/mol. The molecule has 3 amide bonds. The van der Waals surface area contributed by atoms with Crippen LogP contribution in [-0.4, -0.2) is 27.1 Å². The van der Waals surface area contributed by atoms with Crippen molar-refractivity contribution in [1.29, 1.82) is 0 Å². The first-order chi connectivity index (χ1) is 19.1. The van der Waals surface area contributed by atoms with E-state index in [-0.39, 0.29) is 43.3 Å². The van der Waals surface area contributed by atoms with E-state index in [0.717, 1.165) is 4.90 Å². The lowest BCUT2D eigenvalue weighted by Gasteiger charge is -2.17. The van der Waals surface area contributed by atoms with Crippen molar-refractivity contribution in [3.63, 3.8) is 0 Å². The zero-order valence-electron chi connectivity index (χ0n) is 21.0. The van der Waals surface area contributed by atoms with Gasteiger partial charge in [-0.1, -0.05) is 65.1 Å². The number of nitrogens with one attached hydrogen (secondary N) is 2. The molecule has 0 bridgehead atoms. The first-order valence-electron chi connectivity index (χ1n) is 11.8. The van der Waals surface area contributed by atoms with Crippen LogP contribution in [0.25, 0.3) is 5.69 Å². The van der Waals surface area contributed by atoms with E-state index in [1.54, 1.807) is 55.1 Å². The molecule has 0 unspecified atom stereocenters. The Morgan fingerprint density at radius 1 is 0.850 bits per heavy atom. The zero-order chi connectivity index (χ0) is 28.7. The smallest absolute Gasteiger partial charge is 0.295 e. The molecular formula is C28H20Cl3N5O4. The summed E-state index contributed by atoms with van der Waals surface area (Å²) >= 11 is 18.5. The average Bonchev–Trinajstić information content (AvgIpc) is 3.29. The van der Waals surface area contributed by atoms with Crippen LogP contribution in [0, 0.1) is 6.92 Å². The highest BCUT2D eigenvalue weighted by atomic mass is 35.5. The second kappa shape index (κ2) is 10.7. The molecule has 9 nitrogen and oxygen atoms in total. The highest BCUT2D eigenvalue weighted by Crippen LogP contribution is 2.37. The summed E-state index contributed by atoms with van der Waals surface area (Å²) in [6, 6.07) is 19.8. The fourth-order valence-corrected chi connectivity index (χ4v) is 4.87. The van der Waals surface area contributed by atoms with E-state index in [4.69, 9.17) is 34.8 Å². The van der Waals surface area contributed by atoms with E-state index < -0.39 is 17.7 Å². The highest BCUT2D eigenvalue weighted by molar-refractivity contribution is 6.54. The van der Waals surface area contributed by atoms with Gasteiger partial charge in [-0.05, 0) is 49.4 Å². The van der Waals surface area contributed by atoms with Gasteiger partial charge in [0.05, 0.1) is 27.1 Å². The monoisotopic (exact) mass is 595 g/mol. The quantitative estimate of drug-likeness (QED) is 0.287. The van der Waals surface area contributed by atoms with Gasteiger partial charge in [-0.3, -0.25) is 23.9 Å². The Bertz CT molecular complexity index is 1790. The van der Waals surface area contributed by atoms with Crippen molar-refractivity contribution in [2.45, 2.75) is 6.92 Å².